The largest absolute Gasteiger partial charge is 0.497 e. The second kappa shape index (κ2) is 19.6. The van der Waals surface area contributed by atoms with E-state index < -0.39 is 29.7 Å². The lowest BCUT2D eigenvalue weighted by Gasteiger charge is -2.35. The Hall–Kier alpha value is -7.31. The Labute approximate surface area is 407 Å². The molecular weight excluding hydrogens is 921 g/mol. The highest BCUT2D eigenvalue weighted by Crippen LogP contribution is 2.41. The number of carboxylic acids is 1. The molecule has 0 aliphatic carbocycles. The van der Waals surface area contributed by atoms with Crippen LogP contribution in [0.1, 0.15) is 62.9 Å². The summed E-state index contributed by atoms with van der Waals surface area (Å²) in [6, 6.07) is 16.1. The number of ether oxygens (including phenoxy) is 2. The number of piperazine rings is 1. The summed E-state index contributed by atoms with van der Waals surface area (Å²) in [4.78, 5) is 73.8. The van der Waals surface area contributed by atoms with Gasteiger partial charge in [-0.1, -0.05) is 29.8 Å². The molecule has 0 saturated carbocycles. The summed E-state index contributed by atoms with van der Waals surface area (Å²) in [5, 5.41) is 23.3. The van der Waals surface area contributed by atoms with Crippen molar-refractivity contribution in [2.75, 3.05) is 46.4 Å². The van der Waals surface area contributed by atoms with Crippen LogP contribution in [0.2, 0.25) is 5.02 Å². The fourth-order valence-corrected chi connectivity index (χ4v) is 10.2. The van der Waals surface area contributed by atoms with E-state index in [9.17, 15) is 33.5 Å². The number of imide groups is 1. The maximum absolute atomic E-state index is 14.0. The molecule has 17 nitrogen and oxygen atoms in total. The van der Waals surface area contributed by atoms with E-state index in [0.29, 0.717) is 102 Å². The molecule has 2 saturated heterocycles. The first-order chi connectivity index (χ1) is 33.6. The number of methoxy groups -OCH3 is 1. The number of nitrogens with one attached hydrogen (secondary N) is 2. The lowest BCUT2D eigenvalue weighted by atomic mass is 9.98. The number of aromatic nitrogens is 5. The normalized spacial score (nSPS) is 15.5. The Kier molecular flexibility index (Phi) is 13.4. The van der Waals surface area contributed by atoms with Gasteiger partial charge in [-0.25, -0.2) is 14.2 Å². The van der Waals surface area contributed by atoms with E-state index in [1.54, 1.807) is 28.5 Å². The van der Waals surface area contributed by atoms with Gasteiger partial charge in [0.25, 0.3) is 5.91 Å². The topological polar surface area (TPSA) is 195 Å². The number of carboxylic acid groups (broad SMARTS) is 1. The van der Waals surface area contributed by atoms with Gasteiger partial charge in [0.1, 0.15) is 46.9 Å². The van der Waals surface area contributed by atoms with Crippen LogP contribution in [0, 0.1) is 26.6 Å². The number of benzene rings is 4. The van der Waals surface area contributed by atoms with Gasteiger partial charge >= 0.3 is 5.97 Å². The molecule has 3 N–H and O–H groups in total. The van der Waals surface area contributed by atoms with E-state index >= 15 is 0 Å². The minimum atomic E-state index is -1.08. The van der Waals surface area contributed by atoms with Crippen molar-refractivity contribution in [2.45, 2.75) is 65.6 Å². The molecule has 1 atom stereocenters. The summed E-state index contributed by atoms with van der Waals surface area (Å²) < 4.78 is 31.2. The van der Waals surface area contributed by atoms with E-state index in [1.807, 2.05) is 60.5 Å². The lowest BCUT2D eigenvalue weighted by molar-refractivity contribution is -0.135. The van der Waals surface area contributed by atoms with Crippen LogP contribution in [0.4, 0.5) is 4.39 Å². The van der Waals surface area contributed by atoms with Gasteiger partial charge in [-0.15, -0.1) is 0 Å². The van der Waals surface area contributed by atoms with Crippen LogP contribution < -0.4 is 20.1 Å². The Morgan fingerprint density at radius 2 is 1.77 bits per heavy atom. The molecule has 4 amide bonds. The van der Waals surface area contributed by atoms with E-state index in [0.717, 1.165) is 33.3 Å². The number of hydrogen-bond acceptors (Lipinski definition) is 10. The monoisotopic (exact) mass is 973 g/mol. The molecule has 3 aromatic heterocycles. The number of fused-ring (bicyclic) bond motifs is 3. The molecule has 0 radical (unpaired) electrons. The highest BCUT2D eigenvalue weighted by Gasteiger charge is 2.32. The fraction of sp³-hybridized carbons (Fsp3) is 0.353. The van der Waals surface area contributed by atoms with Crippen molar-refractivity contribution in [1.82, 2.24) is 44.3 Å². The summed E-state index contributed by atoms with van der Waals surface area (Å²) in [6.45, 7) is 8.63. The number of hydrogen-bond donors (Lipinski definition) is 3. The molecule has 9 rings (SSSR count). The first-order valence-electron chi connectivity index (χ1n) is 23.2. The summed E-state index contributed by atoms with van der Waals surface area (Å²) in [7, 11) is 3.35. The number of halogens is 2. The molecule has 2 aliphatic rings. The number of rotatable bonds is 15. The molecule has 2 aliphatic heterocycles. The predicted octanol–water partition coefficient (Wildman–Crippen LogP) is 6.36. The number of carbonyl (C=O) groups excluding carboxylic acids is 4. The number of imidazole rings is 1. The zero-order valence-corrected chi connectivity index (χ0v) is 40.3. The Balaban J connectivity index is 0.929. The highest BCUT2D eigenvalue weighted by molar-refractivity contribution is 6.36. The van der Waals surface area contributed by atoms with Crippen molar-refractivity contribution in [2.24, 2.45) is 7.05 Å². The maximum Gasteiger partial charge on any atom is 0.352 e. The Morgan fingerprint density at radius 3 is 2.49 bits per heavy atom. The second-order valence-corrected chi connectivity index (χ2v) is 18.2. The average molecular weight is 974 g/mol. The average Bonchev–Trinajstić information content (AvgIpc) is 3.93. The van der Waals surface area contributed by atoms with Crippen LogP contribution in [-0.2, 0) is 40.9 Å². The number of carbonyl (C=O) groups is 5. The summed E-state index contributed by atoms with van der Waals surface area (Å²) >= 11 is 7.06. The van der Waals surface area contributed by atoms with E-state index in [1.165, 1.54) is 25.3 Å². The van der Waals surface area contributed by atoms with Gasteiger partial charge in [0, 0.05) is 86.4 Å². The Bertz CT molecular complexity index is 3260. The zero-order valence-electron chi connectivity index (χ0n) is 39.5. The zero-order chi connectivity index (χ0) is 49.5. The predicted molar refractivity (Wildman–Crippen MR) is 261 cm³/mol. The van der Waals surface area contributed by atoms with Crippen molar-refractivity contribution in [1.29, 1.82) is 0 Å². The Morgan fingerprint density at radius 1 is 0.986 bits per heavy atom. The summed E-state index contributed by atoms with van der Waals surface area (Å²) in [6.07, 6.45) is 1.10. The van der Waals surface area contributed by atoms with Gasteiger partial charge in [0.05, 0.1) is 41.0 Å². The lowest BCUT2D eigenvalue weighted by Crippen LogP contribution is -2.52. The van der Waals surface area contributed by atoms with E-state index in [4.69, 9.17) is 21.1 Å². The molecule has 1 unspecified atom stereocenters. The van der Waals surface area contributed by atoms with Crippen molar-refractivity contribution in [3.05, 3.63) is 106 Å². The fourth-order valence-electron chi connectivity index (χ4n) is 9.95. The van der Waals surface area contributed by atoms with Gasteiger partial charge in [0.15, 0.2) is 0 Å². The molecule has 19 heteroatoms. The number of piperidine rings is 1. The smallest absolute Gasteiger partial charge is 0.352 e. The molecule has 364 valence electrons. The number of amides is 4. The highest BCUT2D eigenvalue weighted by atomic mass is 35.5. The quantitative estimate of drug-likeness (QED) is 0.0765. The van der Waals surface area contributed by atoms with Crippen LogP contribution in [0.5, 0.6) is 11.5 Å². The number of nitrogens with zero attached hydrogens (tertiary/aromatic N) is 7. The van der Waals surface area contributed by atoms with E-state index in [-0.39, 0.29) is 49.0 Å². The van der Waals surface area contributed by atoms with Crippen molar-refractivity contribution in [3.63, 3.8) is 0 Å². The number of aromatic carboxylic acids is 1. The maximum atomic E-state index is 14.0. The molecule has 0 spiro atoms. The summed E-state index contributed by atoms with van der Waals surface area (Å²) in [5.41, 5.74) is 5.93. The van der Waals surface area contributed by atoms with Gasteiger partial charge < -0.3 is 33.9 Å². The third-order valence-corrected chi connectivity index (χ3v) is 13.9. The molecule has 0 bridgehead atoms. The molecule has 2 fully saturated rings. The second-order valence-electron chi connectivity index (χ2n) is 17.8. The first kappa shape index (κ1) is 47.7. The first-order valence-corrected chi connectivity index (χ1v) is 23.6. The van der Waals surface area contributed by atoms with Gasteiger partial charge in [0.2, 0.25) is 17.7 Å². The van der Waals surface area contributed by atoms with Crippen molar-refractivity contribution >= 4 is 73.9 Å². The van der Waals surface area contributed by atoms with Gasteiger partial charge in [-0.05, 0) is 87.4 Å². The van der Waals surface area contributed by atoms with Crippen LogP contribution in [0.15, 0.2) is 60.7 Å². The van der Waals surface area contributed by atoms with Crippen LogP contribution in [0.25, 0.3) is 43.8 Å². The molecular formula is C51H53ClFN9O8. The molecule has 4 aromatic carbocycles. The van der Waals surface area contributed by atoms with Gasteiger partial charge in [-0.2, -0.15) is 5.10 Å². The molecule has 5 heterocycles. The van der Waals surface area contributed by atoms with E-state index in [2.05, 4.69) is 25.6 Å². The minimum Gasteiger partial charge on any atom is -0.497 e. The minimum absolute atomic E-state index is 0.0481. The standard InChI is InChI=1S/C51H53ClFN9O8/c1-28-44(29(2)58(4)57-28)36-13-14-38(52)45-35(9-7-23-70-41-10-6-8-31-24-32(53)11-12-34(31)41)48(51(67)68)61(47(36)45)22-19-59-17-20-60(21-18-59)43(64)27-62-30(3)54-46-37(25-33(69-5)26-40(46)62)49(65)55-39-15-16-42(63)56-50(39)66/h6,8,10-14,24-26,39H,7,9,15-23,27H2,1-5H3,(H,55,65)(H,67,68)(H,56,63,66). The summed E-state index contributed by atoms with van der Waals surface area (Å²) in [5.74, 6) is -1.62. The SMILES string of the molecule is COc1cc(C(=O)NC2CCC(=O)NC2=O)c2nc(C)n(CC(=O)N3CCN(CCn4c(C(=O)O)c(CCCOc5cccc6cc(F)ccc56)c5c(Cl)ccc(-c6c(C)nn(C)c6C)c54)CC3)c2c1. The molecule has 70 heavy (non-hydrogen) atoms. The number of aryl methyl sites for hydroxylation is 4. The van der Waals surface area contributed by atoms with Crippen molar-refractivity contribution in [3.8, 4) is 22.6 Å². The van der Waals surface area contributed by atoms with Crippen molar-refractivity contribution < 1.29 is 42.9 Å². The molecule has 7 aromatic rings. The van der Waals surface area contributed by atoms with Gasteiger partial charge in [-0.3, -0.25) is 34.1 Å². The van der Waals surface area contributed by atoms with Crippen LogP contribution in [-0.4, -0.2) is 121 Å². The van der Waals surface area contributed by atoms with Crippen LogP contribution >= 0.6 is 11.6 Å². The van der Waals surface area contributed by atoms with Crippen LogP contribution in [0.3, 0.4) is 0 Å². The third kappa shape index (κ3) is 9.15. The third-order valence-electron chi connectivity index (χ3n) is 13.6.